The summed E-state index contributed by atoms with van der Waals surface area (Å²) in [5.74, 6) is -0.762. The molecule has 114 valence electrons. The van der Waals surface area contributed by atoms with Gasteiger partial charge >= 0.3 is 5.97 Å². The van der Waals surface area contributed by atoms with Crippen molar-refractivity contribution < 1.29 is 15.0 Å². The predicted molar refractivity (Wildman–Crippen MR) is 85.8 cm³/mol. The Morgan fingerprint density at radius 1 is 1.00 bits per heavy atom. The van der Waals surface area contributed by atoms with Gasteiger partial charge in [0.1, 0.15) is 17.9 Å². The summed E-state index contributed by atoms with van der Waals surface area (Å²) in [4.78, 5) is 19.2. The average molecular weight is 307 g/mol. The quantitative estimate of drug-likeness (QED) is 0.640. The minimum atomic E-state index is -1.10. The molecule has 6 nitrogen and oxygen atoms in total. The number of nitrogens with one attached hydrogen (secondary N) is 1. The third-order valence-corrected chi connectivity index (χ3v) is 3.24. The molecular weight excluding hydrogens is 294 g/mol. The number of anilines is 2. The maximum Gasteiger partial charge on any atom is 0.335 e. The monoisotopic (exact) mass is 307 g/mol. The number of benzene rings is 2. The second-order valence-corrected chi connectivity index (χ2v) is 4.82. The van der Waals surface area contributed by atoms with Crippen LogP contribution in [-0.2, 0) is 0 Å². The molecule has 0 radical (unpaired) electrons. The first kappa shape index (κ1) is 14.5. The van der Waals surface area contributed by atoms with Crippen LogP contribution in [0, 0.1) is 0 Å². The fourth-order valence-corrected chi connectivity index (χ4v) is 2.10. The van der Waals surface area contributed by atoms with Gasteiger partial charge in [-0.25, -0.2) is 14.8 Å². The van der Waals surface area contributed by atoms with Gasteiger partial charge in [-0.05, 0) is 18.2 Å². The maximum atomic E-state index is 10.9. The van der Waals surface area contributed by atoms with Gasteiger partial charge in [0.05, 0.1) is 16.9 Å². The first-order valence-corrected chi connectivity index (χ1v) is 6.84. The summed E-state index contributed by atoms with van der Waals surface area (Å²) >= 11 is 0. The zero-order valence-electron chi connectivity index (χ0n) is 12.0. The Labute approximate surface area is 132 Å². The molecule has 2 aromatic carbocycles. The van der Waals surface area contributed by atoms with E-state index < -0.39 is 5.97 Å². The number of carboxylic acids is 1. The number of aromatic nitrogens is 2. The fraction of sp³-hybridized carbons (Fsp3) is 0. The van der Waals surface area contributed by atoms with Crippen molar-refractivity contribution in [3.05, 3.63) is 66.5 Å². The van der Waals surface area contributed by atoms with E-state index in [0.29, 0.717) is 11.5 Å². The van der Waals surface area contributed by atoms with E-state index in [1.165, 1.54) is 24.5 Å². The van der Waals surface area contributed by atoms with Crippen molar-refractivity contribution in [2.24, 2.45) is 0 Å². The second kappa shape index (κ2) is 6.15. The Bertz CT molecular complexity index is 851. The van der Waals surface area contributed by atoms with Gasteiger partial charge in [0.2, 0.25) is 0 Å². The average Bonchev–Trinajstić information content (AvgIpc) is 2.57. The molecule has 0 spiro atoms. The molecule has 0 amide bonds. The lowest BCUT2D eigenvalue weighted by molar-refractivity contribution is 0.0696. The lowest BCUT2D eigenvalue weighted by Gasteiger charge is -2.09. The molecule has 6 heteroatoms. The van der Waals surface area contributed by atoms with E-state index in [2.05, 4.69) is 15.3 Å². The van der Waals surface area contributed by atoms with E-state index >= 15 is 0 Å². The predicted octanol–water partition coefficient (Wildman–Crippen LogP) is 3.29. The van der Waals surface area contributed by atoms with Crippen LogP contribution in [0.1, 0.15) is 10.4 Å². The molecule has 3 N–H and O–H groups in total. The van der Waals surface area contributed by atoms with Crippen molar-refractivity contribution >= 4 is 17.5 Å². The number of aromatic carboxylic acids is 1. The van der Waals surface area contributed by atoms with E-state index in [9.17, 15) is 9.90 Å². The molecule has 0 unspecified atom stereocenters. The number of phenolic OH excluding ortho intramolecular Hbond substituents is 1. The number of aromatic hydroxyl groups is 1. The minimum absolute atomic E-state index is 0.0145. The number of carboxylic acid groups (broad SMARTS) is 1. The highest BCUT2D eigenvalue weighted by Crippen LogP contribution is 2.28. The van der Waals surface area contributed by atoms with Crippen LogP contribution in [0.3, 0.4) is 0 Å². The lowest BCUT2D eigenvalue weighted by Crippen LogP contribution is -1.99. The summed E-state index contributed by atoms with van der Waals surface area (Å²) in [5.41, 5.74) is 2.07. The molecule has 0 aliphatic rings. The number of rotatable bonds is 4. The molecule has 0 atom stereocenters. The molecule has 0 bridgehead atoms. The van der Waals surface area contributed by atoms with E-state index in [-0.39, 0.29) is 11.3 Å². The molecule has 0 saturated heterocycles. The maximum absolute atomic E-state index is 10.9. The minimum Gasteiger partial charge on any atom is -0.506 e. The third-order valence-electron chi connectivity index (χ3n) is 3.24. The van der Waals surface area contributed by atoms with Crippen LogP contribution in [0.5, 0.6) is 5.75 Å². The molecule has 3 rings (SSSR count). The molecule has 0 fully saturated rings. The van der Waals surface area contributed by atoms with Gasteiger partial charge in [0.15, 0.2) is 0 Å². The lowest BCUT2D eigenvalue weighted by atomic mass is 10.1. The molecule has 1 heterocycles. The number of nitrogens with zero attached hydrogens (tertiary/aromatic N) is 2. The summed E-state index contributed by atoms with van der Waals surface area (Å²) in [6.45, 7) is 0. The molecular formula is C17H13N3O3. The number of hydrogen-bond donors (Lipinski definition) is 3. The van der Waals surface area contributed by atoms with Crippen LogP contribution in [0.4, 0.5) is 11.5 Å². The molecule has 3 aromatic rings. The summed E-state index contributed by atoms with van der Waals surface area (Å²) in [6.07, 6.45) is 1.42. The fourth-order valence-electron chi connectivity index (χ4n) is 2.10. The topological polar surface area (TPSA) is 95.3 Å². The Morgan fingerprint density at radius 2 is 1.78 bits per heavy atom. The zero-order valence-corrected chi connectivity index (χ0v) is 12.0. The van der Waals surface area contributed by atoms with Crippen LogP contribution >= 0.6 is 0 Å². The highest BCUT2D eigenvalue weighted by Gasteiger charge is 2.09. The van der Waals surface area contributed by atoms with Crippen molar-refractivity contribution in [2.75, 3.05) is 5.32 Å². The molecule has 23 heavy (non-hydrogen) atoms. The second-order valence-electron chi connectivity index (χ2n) is 4.82. The van der Waals surface area contributed by atoms with Crippen molar-refractivity contribution in [1.82, 2.24) is 9.97 Å². The number of carbonyl (C=O) groups is 1. The van der Waals surface area contributed by atoms with Crippen molar-refractivity contribution in [3.8, 4) is 17.0 Å². The number of hydrogen-bond acceptors (Lipinski definition) is 5. The van der Waals surface area contributed by atoms with Gasteiger partial charge in [-0.15, -0.1) is 0 Å². The van der Waals surface area contributed by atoms with Gasteiger partial charge in [0.25, 0.3) is 0 Å². The van der Waals surface area contributed by atoms with Crippen molar-refractivity contribution in [3.63, 3.8) is 0 Å². The van der Waals surface area contributed by atoms with Gasteiger partial charge < -0.3 is 15.5 Å². The zero-order chi connectivity index (χ0) is 16.2. The standard InChI is InChI=1S/C17H13N3O3/c21-15-8-12(17(22)23)6-7-13(15)20-16-9-14(18-10-19-16)11-4-2-1-3-5-11/h1-10,21H,(H,22,23)(H,18,19,20). The van der Waals surface area contributed by atoms with Gasteiger partial charge in [0, 0.05) is 11.6 Å². The number of phenols is 1. The smallest absolute Gasteiger partial charge is 0.335 e. The molecule has 0 aliphatic carbocycles. The Kier molecular flexibility index (Phi) is 3.88. The van der Waals surface area contributed by atoms with Gasteiger partial charge in [-0.2, -0.15) is 0 Å². The van der Waals surface area contributed by atoms with E-state index in [1.54, 1.807) is 6.07 Å². The van der Waals surface area contributed by atoms with Crippen LogP contribution in [-0.4, -0.2) is 26.2 Å². The normalized spacial score (nSPS) is 10.3. The van der Waals surface area contributed by atoms with Gasteiger partial charge in [-0.3, -0.25) is 0 Å². The van der Waals surface area contributed by atoms with Crippen molar-refractivity contribution in [2.45, 2.75) is 0 Å². The first-order chi connectivity index (χ1) is 11.1. The van der Waals surface area contributed by atoms with Crippen LogP contribution < -0.4 is 5.32 Å². The Balaban J connectivity index is 1.88. The summed E-state index contributed by atoms with van der Waals surface area (Å²) < 4.78 is 0. The van der Waals surface area contributed by atoms with Crippen LogP contribution in [0.2, 0.25) is 0 Å². The third kappa shape index (κ3) is 3.26. The highest BCUT2D eigenvalue weighted by atomic mass is 16.4. The molecule has 1 aromatic heterocycles. The molecule has 0 saturated carbocycles. The van der Waals surface area contributed by atoms with Gasteiger partial charge in [-0.1, -0.05) is 30.3 Å². The van der Waals surface area contributed by atoms with E-state index in [0.717, 1.165) is 11.3 Å². The van der Waals surface area contributed by atoms with E-state index in [1.807, 2.05) is 30.3 Å². The van der Waals surface area contributed by atoms with Crippen LogP contribution in [0.15, 0.2) is 60.9 Å². The largest absolute Gasteiger partial charge is 0.506 e. The molecule has 0 aliphatic heterocycles. The first-order valence-electron chi connectivity index (χ1n) is 6.84. The Morgan fingerprint density at radius 3 is 2.48 bits per heavy atom. The van der Waals surface area contributed by atoms with E-state index in [4.69, 9.17) is 5.11 Å². The summed E-state index contributed by atoms with van der Waals surface area (Å²) in [6, 6.07) is 15.5. The highest BCUT2D eigenvalue weighted by molar-refractivity contribution is 5.89. The van der Waals surface area contributed by atoms with Crippen LogP contribution in [0.25, 0.3) is 11.3 Å². The summed E-state index contributed by atoms with van der Waals surface area (Å²) in [5, 5.41) is 21.8. The van der Waals surface area contributed by atoms with Crippen molar-refractivity contribution in [1.29, 1.82) is 0 Å². The Hall–Kier alpha value is -3.41. The summed E-state index contributed by atoms with van der Waals surface area (Å²) in [7, 11) is 0. The SMILES string of the molecule is O=C(O)c1ccc(Nc2cc(-c3ccccc3)ncn2)c(O)c1.